The molecule has 2 aromatic carbocycles. The van der Waals surface area contributed by atoms with Gasteiger partial charge in [-0.2, -0.15) is 0 Å². The summed E-state index contributed by atoms with van der Waals surface area (Å²) in [5.41, 5.74) is 4.35. The lowest BCUT2D eigenvalue weighted by Gasteiger charge is -2.34. The van der Waals surface area contributed by atoms with Gasteiger partial charge in [-0.1, -0.05) is 61.5 Å². The fourth-order valence-corrected chi connectivity index (χ4v) is 3.54. The molecule has 21 heavy (non-hydrogen) atoms. The fraction of sp³-hybridized carbons (Fsp3) is 0.368. The summed E-state index contributed by atoms with van der Waals surface area (Å²) in [4.78, 5) is 2.61. The van der Waals surface area contributed by atoms with E-state index in [0.29, 0.717) is 12.1 Å². The van der Waals surface area contributed by atoms with Gasteiger partial charge in [0.05, 0.1) is 0 Å². The van der Waals surface area contributed by atoms with Crippen molar-refractivity contribution < 1.29 is 0 Å². The zero-order valence-corrected chi connectivity index (χ0v) is 12.9. The molecule has 110 valence electrons. The number of fused-ring (bicyclic) bond motifs is 1. The molecule has 2 heteroatoms. The van der Waals surface area contributed by atoms with Crippen LogP contribution in [0.2, 0.25) is 0 Å². The highest BCUT2D eigenvalue weighted by molar-refractivity contribution is 5.31. The van der Waals surface area contributed by atoms with Gasteiger partial charge in [-0.25, -0.2) is 0 Å². The van der Waals surface area contributed by atoms with E-state index in [2.05, 4.69) is 78.8 Å². The lowest BCUT2D eigenvalue weighted by atomic mass is 9.96. The average molecular weight is 280 g/mol. The van der Waals surface area contributed by atoms with E-state index in [1.54, 1.807) is 0 Å². The zero-order chi connectivity index (χ0) is 14.7. The van der Waals surface area contributed by atoms with Crippen LogP contribution in [0.15, 0.2) is 54.6 Å². The van der Waals surface area contributed by atoms with Crippen LogP contribution >= 0.6 is 0 Å². The maximum atomic E-state index is 3.53. The summed E-state index contributed by atoms with van der Waals surface area (Å²) in [6, 6.07) is 20.5. The lowest BCUT2D eigenvalue weighted by molar-refractivity contribution is 0.154. The molecule has 0 saturated carbocycles. The van der Waals surface area contributed by atoms with E-state index >= 15 is 0 Å². The second-order valence-corrected chi connectivity index (χ2v) is 5.83. The van der Waals surface area contributed by atoms with Gasteiger partial charge in [0, 0.05) is 25.2 Å². The van der Waals surface area contributed by atoms with Crippen LogP contribution in [-0.4, -0.2) is 18.0 Å². The van der Waals surface area contributed by atoms with Crippen molar-refractivity contribution in [3.8, 4) is 0 Å². The Kier molecular flexibility index (Phi) is 4.37. The highest BCUT2D eigenvalue weighted by Gasteiger charge is 2.30. The average Bonchev–Trinajstić information content (AvgIpc) is 2.96. The summed E-state index contributed by atoms with van der Waals surface area (Å²) >= 11 is 0. The molecule has 0 saturated heterocycles. The standard InChI is InChI=1S/C19H24N2/c1-3-18(19(20-2)15-9-5-4-6-10-15)21-13-16-11-7-8-12-17(16)14-21/h4-12,18-20H,3,13-14H2,1-2H3. The van der Waals surface area contributed by atoms with Crippen molar-refractivity contribution in [1.82, 2.24) is 10.2 Å². The van der Waals surface area contributed by atoms with Crippen LogP contribution in [0.4, 0.5) is 0 Å². The van der Waals surface area contributed by atoms with Gasteiger partial charge >= 0.3 is 0 Å². The number of nitrogens with zero attached hydrogens (tertiary/aromatic N) is 1. The minimum atomic E-state index is 0.380. The molecule has 0 aromatic heterocycles. The maximum Gasteiger partial charge on any atom is 0.0475 e. The topological polar surface area (TPSA) is 15.3 Å². The summed E-state index contributed by atoms with van der Waals surface area (Å²) in [6.45, 7) is 4.43. The Morgan fingerprint density at radius 2 is 1.52 bits per heavy atom. The Morgan fingerprint density at radius 1 is 0.952 bits per heavy atom. The molecule has 2 atom stereocenters. The first-order chi connectivity index (χ1) is 10.3. The van der Waals surface area contributed by atoms with Gasteiger partial charge in [0.15, 0.2) is 0 Å². The molecule has 1 aliphatic rings. The largest absolute Gasteiger partial charge is 0.312 e. The Morgan fingerprint density at radius 3 is 2.05 bits per heavy atom. The Labute approximate surface area is 127 Å². The molecule has 0 bridgehead atoms. The van der Waals surface area contributed by atoms with Crippen LogP contribution in [0.25, 0.3) is 0 Å². The first-order valence-corrected chi connectivity index (χ1v) is 7.86. The lowest BCUT2D eigenvalue weighted by Crippen LogP contribution is -2.40. The quantitative estimate of drug-likeness (QED) is 0.897. The molecule has 0 radical (unpaired) electrons. The number of hydrogen-bond donors (Lipinski definition) is 1. The van der Waals surface area contributed by atoms with Crippen LogP contribution < -0.4 is 5.32 Å². The molecule has 2 nitrogen and oxygen atoms in total. The second kappa shape index (κ2) is 6.42. The Hall–Kier alpha value is -1.64. The summed E-state index contributed by atoms with van der Waals surface area (Å²) in [5.74, 6) is 0. The number of hydrogen-bond acceptors (Lipinski definition) is 2. The van der Waals surface area contributed by atoms with Gasteiger partial charge < -0.3 is 5.32 Å². The van der Waals surface area contributed by atoms with E-state index in [1.165, 1.54) is 16.7 Å². The highest BCUT2D eigenvalue weighted by atomic mass is 15.2. The smallest absolute Gasteiger partial charge is 0.0475 e. The third-order valence-corrected chi connectivity index (χ3v) is 4.61. The molecule has 1 heterocycles. The predicted octanol–water partition coefficient (Wildman–Crippen LogP) is 3.74. The summed E-state index contributed by atoms with van der Waals surface area (Å²) in [6.07, 6.45) is 1.15. The van der Waals surface area contributed by atoms with Gasteiger partial charge in [-0.15, -0.1) is 0 Å². The molecule has 0 aliphatic carbocycles. The molecule has 0 spiro atoms. The van der Waals surface area contributed by atoms with Gasteiger partial charge in [0.1, 0.15) is 0 Å². The van der Waals surface area contributed by atoms with Crippen LogP contribution in [0.1, 0.15) is 36.1 Å². The first kappa shape index (κ1) is 14.3. The maximum absolute atomic E-state index is 3.53. The van der Waals surface area contributed by atoms with Crippen LogP contribution in [0.3, 0.4) is 0 Å². The summed E-state index contributed by atoms with van der Waals surface area (Å²) in [5, 5.41) is 3.53. The monoisotopic (exact) mass is 280 g/mol. The van der Waals surface area contributed by atoms with Crippen molar-refractivity contribution in [2.45, 2.75) is 38.5 Å². The van der Waals surface area contributed by atoms with E-state index in [0.717, 1.165) is 19.5 Å². The van der Waals surface area contributed by atoms with Crippen LogP contribution in [0, 0.1) is 0 Å². The number of rotatable bonds is 5. The van der Waals surface area contributed by atoms with Crippen molar-refractivity contribution in [3.63, 3.8) is 0 Å². The minimum absolute atomic E-state index is 0.380. The van der Waals surface area contributed by atoms with Crippen molar-refractivity contribution in [3.05, 3.63) is 71.3 Å². The van der Waals surface area contributed by atoms with E-state index in [-0.39, 0.29) is 0 Å². The predicted molar refractivity (Wildman–Crippen MR) is 88.0 cm³/mol. The summed E-state index contributed by atoms with van der Waals surface area (Å²) < 4.78 is 0. The van der Waals surface area contributed by atoms with E-state index in [1.807, 2.05) is 0 Å². The molecule has 1 aliphatic heterocycles. The molecule has 1 N–H and O–H groups in total. The molecular weight excluding hydrogens is 256 g/mol. The summed E-state index contributed by atoms with van der Waals surface area (Å²) in [7, 11) is 2.07. The highest BCUT2D eigenvalue weighted by Crippen LogP contribution is 2.31. The van der Waals surface area contributed by atoms with Crippen molar-refractivity contribution in [2.75, 3.05) is 7.05 Å². The van der Waals surface area contributed by atoms with Crippen LogP contribution in [0.5, 0.6) is 0 Å². The van der Waals surface area contributed by atoms with Gasteiger partial charge in [-0.3, -0.25) is 4.90 Å². The molecule has 2 unspecified atom stereocenters. The normalized spacial score (nSPS) is 17.4. The van der Waals surface area contributed by atoms with Crippen molar-refractivity contribution >= 4 is 0 Å². The zero-order valence-electron chi connectivity index (χ0n) is 12.9. The molecule has 0 fully saturated rings. The number of benzene rings is 2. The Balaban J connectivity index is 1.82. The first-order valence-electron chi connectivity index (χ1n) is 7.86. The molecule has 3 rings (SSSR count). The third-order valence-electron chi connectivity index (χ3n) is 4.61. The molecule has 2 aromatic rings. The Bertz CT molecular complexity index is 554. The van der Waals surface area contributed by atoms with Crippen molar-refractivity contribution in [2.24, 2.45) is 0 Å². The van der Waals surface area contributed by atoms with Gasteiger partial charge in [-0.05, 0) is 30.2 Å². The third kappa shape index (κ3) is 2.87. The van der Waals surface area contributed by atoms with E-state index in [9.17, 15) is 0 Å². The molecule has 0 amide bonds. The number of likely N-dealkylation sites (N-methyl/N-ethyl adjacent to an activating group) is 1. The molecular formula is C19H24N2. The second-order valence-electron chi connectivity index (χ2n) is 5.83. The van der Waals surface area contributed by atoms with Gasteiger partial charge in [0.25, 0.3) is 0 Å². The number of nitrogens with one attached hydrogen (secondary N) is 1. The van der Waals surface area contributed by atoms with E-state index in [4.69, 9.17) is 0 Å². The SMILES string of the molecule is CCC(C(NC)c1ccccc1)N1Cc2ccccc2C1. The van der Waals surface area contributed by atoms with Gasteiger partial charge in [0.2, 0.25) is 0 Å². The van der Waals surface area contributed by atoms with Crippen LogP contribution in [-0.2, 0) is 13.1 Å². The fourth-order valence-electron chi connectivity index (χ4n) is 3.54. The van der Waals surface area contributed by atoms with E-state index < -0.39 is 0 Å². The van der Waals surface area contributed by atoms with Crippen molar-refractivity contribution in [1.29, 1.82) is 0 Å². The minimum Gasteiger partial charge on any atom is -0.312 e.